The molecule has 0 aromatic heterocycles. The van der Waals surface area contributed by atoms with Crippen molar-refractivity contribution in [2.45, 2.75) is 46.5 Å². The summed E-state index contributed by atoms with van der Waals surface area (Å²) in [5, 5.41) is 2.99. The first-order valence-electron chi connectivity index (χ1n) is 5.84. The van der Waals surface area contributed by atoms with Crippen molar-refractivity contribution in [2.75, 3.05) is 13.1 Å². The maximum Gasteiger partial charge on any atom is 0.220 e. The molecule has 1 amide bonds. The Morgan fingerprint density at radius 2 is 2.00 bits per heavy atom. The minimum Gasteiger partial charge on any atom is -0.355 e. The molecule has 0 heterocycles. The van der Waals surface area contributed by atoms with Gasteiger partial charge in [0.05, 0.1) is 0 Å². The summed E-state index contributed by atoms with van der Waals surface area (Å²) in [5.74, 6) is 0.171. The summed E-state index contributed by atoms with van der Waals surface area (Å²) < 4.78 is 0. The first-order valence-corrected chi connectivity index (χ1v) is 5.84. The van der Waals surface area contributed by atoms with Gasteiger partial charge < -0.3 is 11.1 Å². The van der Waals surface area contributed by atoms with E-state index in [1.165, 1.54) is 12.8 Å². The van der Waals surface area contributed by atoms with Gasteiger partial charge in [-0.1, -0.05) is 20.8 Å². The molecule has 1 rings (SSSR count). The summed E-state index contributed by atoms with van der Waals surface area (Å²) in [6.45, 7) is 7.94. The smallest absolute Gasteiger partial charge is 0.220 e. The highest BCUT2D eigenvalue weighted by Crippen LogP contribution is 2.43. The zero-order valence-corrected chi connectivity index (χ0v) is 10.2. The van der Waals surface area contributed by atoms with Crippen molar-refractivity contribution < 1.29 is 4.79 Å². The number of hydrogen-bond donors (Lipinski definition) is 2. The predicted octanol–water partition coefficient (Wildman–Crippen LogP) is 1.67. The highest BCUT2D eigenvalue weighted by atomic mass is 16.1. The van der Waals surface area contributed by atoms with Crippen LogP contribution >= 0.6 is 0 Å². The molecular weight excluding hydrogens is 188 g/mol. The molecule has 0 aromatic carbocycles. The van der Waals surface area contributed by atoms with Crippen LogP contribution in [0.15, 0.2) is 0 Å². The molecular formula is C12H24N2O. The highest BCUT2D eigenvalue weighted by molar-refractivity contribution is 5.75. The molecule has 1 fully saturated rings. The zero-order chi connectivity index (χ0) is 11.5. The van der Waals surface area contributed by atoms with Gasteiger partial charge in [-0.25, -0.2) is 0 Å². The molecule has 0 atom stereocenters. The summed E-state index contributed by atoms with van der Waals surface area (Å²) in [7, 11) is 0. The van der Waals surface area contributed by atoms with Gasteiger partial charge in [-0.2, -0.15) is 0 Å². The lowest BCUT2D eigenvalue weighted by Crippen LogP contribution is -2.34. The van der Waals surface area contributed by atoms with Crippen molar-refractivity contribution in [1.29, 1.82) is 0 Å². The first kappa shape index (κ1) is 12.5. The van der Waals surface area contributed by atoms with Crippen LogP contribution in [-0.2, 0) is 4.79 Å². The van der Waals surface area contributed by atoms with E-state index in [-0.39, 0.29) is 16.7 Å². The largest absolute Gasteiger partial charge is 0.355 e. The summed E-state index contributed by atoms with van der Waals surface area (Å²) in [6, 6.07) is 0. The highest BCUT2D eigenvalue weighted by Gasteiger charge is 2.41. The van der Waals surface area contributed by atoms with Crippen LogP contribution in [0, 0.1) is 10.8 Å². The van der Waals surface area contributed by atoms with E-state index in [2.05, 4.69) is 26.1 Å². The molecule has 3 nitrogen and oxygen atoms in total. The van der Waals surface area contributed by atoms with Crippen molar-refractivity contribution in [3.05, 3.63) is 0 Å². The van der Waals surface area contributed by atoms with Gasteiger partial charge in [0, 0.05) is 13.0 Å². The monoisotopic (exact) mass is 212 g/mol. The van der Waals surface area contributed by atoms with Crippen LogP contribution in [0.5, 0.6) is 0 Å². The molecule has 3 heteroatoms. The zero-order valence-electron chi connectivity index (χ0n) is 10.2. The maximum absolute atomic E-state index is 11.5. The van der Waals surface area contributed by atoms with E-state index in [1.807, 2.05) is 0 Å². The second kappa shape index (κ2) is 4.52. The SMILES string of the molecule is CC(C)(C)CCC(=O)NCC1(CN)CC1. The molecule has 0 bridgehead atoms. The fraction of sp³-hybridized carbons (Fsp3) is 0.917. The average Bonchev–Trinajstić information content (AvgIpc) is 2.91. The van der Waals surface area contributed by atoms with Crippen LogP contribution in [0.1, 0.15) is 46.5 Å². The second-order valence-corrected chi connectivity index (χ2v) is 6.04. The Balaban J connectivity index is 2.14. The molecule has 1 aliphatic rings. The number of nitrogens with one attached hydrogen (secondary N) is 1. The standard InChI is InChI=1S/C12H24N2O/c1-11(2,3)5-4-10(15)14-9-12(8-13)6-7-12/h4-9,13H2,1-3H3,(H,14,15). The molecule has 0 saturated heterocycles. The number of nitrogens with two attached hydrogens (primary N) is 1. The van der Waals surface area contributed by atoms with Gasteiger partial charge >= 0.3 is 0 Å². The third kappa shape index (κ3) is 4.65. The topological polar surface area (TPSA) is 55.1 Å². The molecule has 3 N–H and O–H groups in total. The van der Waals surface area contributed by atoms with Gasteiger partial charge in [0.1, 0.15) is 0 Å². The van der Waals surface area contributed by atoms with E-state index in [4.69, 9.17) is 5.73 Å². The quantitative estimate of drug-likeness (QED) is 0.728. The van der Waals surface area contributed by atoms with Gasteiger partial charge in [0.25, 0.3) is 0 Å². The first-order chi connectivity index (χ1) is 6.87. The van der Waals surface area contributed by atoms with Crippen molar-refractivity contribution in [1.82, 2.24) is 5.32 Å². The fourth-order valence-electron chi connectivity index (χ4n) is 1.49. The molecule has 1 saturated carbocycles. The van der Waals surface area contributed by atoms with E-state index in [9.17, 15) is 4.79 Å². The summed E-state index contributed by atoms with van der Waals surface area (Å²) in [6.07, 6.45) is 3.91. The van der Waals surface area contributed by atoms with Crippen LogP contribution in [-0.4, -0.2) is 19.0 Å². The number of carbonyl (C=O) groups excluding carboxylic acids is 1. The number of rotatable bonds is 5. The van der Waals surface area contributed by atoms with Gasteiger partial charge in [-0.15, -0.1) is 0 Å². The summed E-state index contributed by atoms with van der Waals surface area (Å²) in [4.78, 5) is 11.5. The molecule has 0 unspecified atom stereocenters. The maximum atomic E-state index is 11.5. The van der Waals surface area contributed by atoms with Gasteiger partial charge in [-0.05, 0) is 36.6 Å². The van der Waals surface area contributed by atoms with E-state index >= 15 is 0 Å². The van der Waals surface area contributed by atoms with Crippen LogP contribution in [0.4, 0.5) is 0 Å². The Labute approximate surface area is 92.8 Å². The Bertz CT molecular complexity index is 226. The molecule has 0 radical (unpaired) electrons. The third-order valence-electron chi connectivity index (χ3n) is 3.15. The Morgan fingerprint density at radius 1 is 1.40 bits per heavy atom. The van der Waals surface area contributed by atoms with Crippen molar-refractivity contribution in [2.24, 2.45) is 16.6 Å². The van der Waals surface area contributed by atoms with Gasteiger partial charge in [0.2, 0.25) is 5.91 Å². The second-order valence-electron chi connectivity index (χ2n) is 6.04. The molecule has 1 aliphatic carbocycles. The van der Waals surface area contributed by atoms with E-state index in [0.717, 1.165) is 13.0 Å². The van der Waals surface area contributed by atoms with Crippen LogP contribution in [0.25, 0.3) is 0 Å². The van der Waals surface area contributed by atoms with Crippen LogP contribution in [0.3, 0.4) is 0 Å². The number of hydrogen-bond acceptors (Lipinski definition) is 2. The van der Waals surface area contributed by atoms with Crippen LogP contribution in [0.2, 0.25) is 0 Å². The normalized spacial score (nSPS) is 18.7. The number of amides is 1. The summed E-state index contributed by atoms with van der Waals surface area (Å²) >= 11 is 0. The van der Waals surface area contributed by atoms with Gasteiger partial charge in [-0.3, -0.25) is 4.79 Å². The fourth-order valence-corrected chi connectivity index (χ4v) is 1.49. The van der Waals surface area contributed by atoms with Crippen molar-refractivity contribution in [3.8, 4) is 0 Å². The van der Waals surface area contributed by atoms with E-state index < -0.39 is 0 Å². The molecule has 0 spiro atoms. The lowest BCUT2D eigenvalue weighted by molar-refractivity contribution is -0.121. The average molecular weight is 212 g/mol. The lowest BCUT2D eigenvalue weighted by Gasteiger charge is -2.18. The van der Waals surface area contributed by atoms with Crippen LogP contribution < -0.4 is 11.1 Å². The van der Waals surface area contributed by atoms with E-state index in [1.54, 1.807) is 0 Å². The van der Waals surface area contributed by atoms with E-state index in [0.29, 0.717) is 13.0 Å². The third-order valence-corrected chi connectivity index (χ3v) is 3.15. The Morgan fingerprint density at radius 3 is 2.40 bits per heavy atom. The predicted molar refractivity (Wildman–Crippen MR) is 62.4 cm³/mol. The Kier molecular flexibility index (Phi) is 3.77. The minimum absolute atomic E-state index is 0.171. The number of carbonyl (C=O) groups is 1. The Hall–Kier alpha value is -0.570. The molecule has 0 aliphatic heterocycles. The van der Waals surface area contributed by atoms with Crippen molar-refractivity contribution >= 4 is 5.91 Å². The minimum atomic E-state index is 0.171. The molecule has 88 valence electrons. The lowest BCUT2D eigenvalue weighted by atomic mass is 9.90. The van der Waals surface area contributed by atoms with Gasteiger partial charge in [0.15, 0.2) is 0 Å². The molecule has 15 heavy (non-hydrogen) atoms. The van der Waals surface area contributed by atoms with Crippen molar-refractivity contribution in [3.63, 3.8) is 0 Å². The molecule has 0 aromatic rings. The summed E-state index contributed by atoms with van der Waals surface area (Å²) in [5.41, 5.74) is 6.13.